The van der Waals surface area contributed by atoms with Gasteiger partial charge in [-0.1, -0.05) is 28.1 Å². The molecule has 4 heteroatoms. The van der Waals surface area contributed by atoms with E-state index in [-0.39, 0.29) is 12.5 Å². The van der Waals surface area contributed by atoms with Crippen molar-refractivity contribution in [3.05, 3.63) is 34.3 Å². The molecule has 0 heterocycles. The summed E-state index contributed by atoms with van der Waals surface area (Å²) in [5.74, 6) is 0.0963. The van der Waals surface area contributed by atoms with Crippen LogP contribution in [-0.4, -0.2) is 24.2 Å². The number of aliphatic hydroxyl groups excluding tert-OH is 1. The fraction of sp³-hybridized carbons (Fsp3) is 0.500. The van der Waals surface area contributed by atoms with Gasteiger partial charge in [0.1, 0.15) is 0 Å². The molecule has 1 amide bonds. The smallest absolute Gasteiger partial charge is 0.220 e. The fourth-order valence-electron chi connectivity index (χ4n) is 1.68. The second-order valence-corrected chi connectivity index (χ2v) is 5.18. The molecular weight excluding hydrogens is 294 g/mol. The second-order valence-electron chi connectivity index (χ2n) is 4.26. The predicted molar refractivity (Wildman–Crippen MR) is 76.4 cm³/mol. The van der Waals surface area contributed by atoms with Crippen molar-refractivity contribution in [1.82, 2.24) is 5.32 Å². The molecule has 1 rings (SSSR count). The van der Waals surface area contributed by atoms with Crippen LogP contribution in [0.15, 0.2) is 28.7 Å². The van der Waals surface area contributed by atoms with Crippen molar-refractivity contribution in [3.8, 4) is 0 Å². The summed E-state index contributed by atoms with van der Waals surface area (Å²) in [6.45, 7) is 0.939. The number of carbonyl (C=O) groups is 1. The molecule has 0 radical (unpaired) electrons. The lowest BCUT2D eigenvalue weighted by molar-refractivity contribution is -0.121. The zero-order chi connectivity index (χ0) is 13.2. The highest BCUT2D eigenvalue weighted by Gasteiger charge is 2.02. The maximum atomic E-state index is 11.6. The van der Waals surface area contributed by atoms with Crippen LogP contribution >= 0.6 is 15.9 Å². The molecule has 100 valence electrons. The SMILES string of the molecule is O=C(CCc1cccc(Br)c1)NCCCCCO. The zero-order valence-corrected chi connectivity index (χ0v) is 12.1. The molecule has 1 aromatic carbocycles. The number of benzene rings is 1. The summed E-state index contributed by atoms with van der Waals surface area (Å²) in [7, 11) is 0. The molecule has 0 aliphatic carbocycles. The topological polar surface area (TPSA) is 49.3 Å². The predicted octanol–water partition coefficient (Wildman–Crippen LogP) is 2.66. The normalized spacial score (nSPS) is 10.3. The Bertz CT molecular complexity index is 369. The number of carbonyl (C=O) groups excluding carboxylic acids is 1. The van der Waals surface area contributed by atoms with Crippen LogP contribution in [0, 0.1) is 0 Å². The third-order valence-corrected chi connectivity index (χ3v) is 3.18. The van der Waals surface area contributed by atoms with E-state index in [1.54, 1.807) is 0 Å². The molecule has 0 aliphatic rings. The van der Waals surface area contributed by atoms with E-state index in [2.05, 4.69) is 21.2 Å². The molecule has 2 N–H and O–H groups in total. The molecule has 0 spiro atoms. The largest absolute Gasteiger partial charge is 0.396 e. The van der Waals surface area contributed by atoms with Gasteiger partial charge in [-0.25, -0.2) is 0 Å². The van der Waals surface area contributed by atoms with Crippen LogP contribution in [0.25, 0.3) is 0 Å². The van der Waals surface area contributed by atoms with Gasteiger partial charge in [0.05, 0.1) is 0 Å². The highest BCUT2D eigenvalue weighted by atomic mass is 79.9. The molecule has 0 saturated heterocycles. The minimum atomic E-state index is 0.0963. The highest BCUT2D eigenvalue weighted by Crippen LogP contribution is 2.12. The quantitative estimate of drug-likeness (QED) is 0.725. The van der Waals surface area contributed by atoms with Crippen molar-refractivity contribution in [3.63, 3.8) is 0 Å². The maximum Gasteiger partial charge on any atom is 0.220 e. The Labute approximate surface area is 117 Å². The van der Waals surface area contributed by atoms with Crippen LogP contribution in [0.5, 0.6) is 0 Å². The average Bonchev–Trinajstić information content (AvgIpc) is 2.36. The monoisotopic (exact) mass is 313 g/mol. The molecular formula is C14H20BrNO2. The molecule has 18 heavy (non-hydrogen) atoms. The summed E-state index contributed by atoms with van der Waals surface area (Å²) >= 11 is 3.41. The number of aliphatic hydroxyl groups is 1. The van der Waals surface area contributed by atoms with E-state index in [1.807, 2.05) is 24.3 Å². The standard InChI is InChI=1S/C14H20BrNO2/c15-13-6-4-5-12(11-13)7-8-14(18)16-9-2-1-3-10-17/h4-6,11,17H,1-3,7-10H2,(H,16,18). The molecule has 1 aromatic rings. The molecule has 0 aliphatic heterocycles. The number of aryl methyl sites for hydroxylation is 1. The summed E-state index contributed by atoms with van der Waals surface area (Å²) in [6.07, 6.45) is 4.00. The summed E-state index contributed by atoms with van der Waals surface area (Å²) in [4.78, 5) is 11.6. The first-order chi connectivity index (χ1) is 8.72. The lowest BCUT2D eigenvalue weighted by Gasteiger charge is -2.05. The van der Waals surface area contributed by atoms with Crippen LogP contribution in [0.3, 0.4) is 0 Å². The van der Waals surface area contributed by atoms with Crippen molar-refractivity contribution in [2.24, 2.45) is 0 Å². The second kappa shape index (κ2) is 9.11. The number of hydrogen-bond donors (Lipinski definition) is 2. The molecule has 0 unspecified atom stereocenters. The number of halogens is 1. The Morgan fingerprint density at radius 2 is 2.11 bits per heavy atom. The van der Waals surface area contributed by atoms with Crippen LogP contribution < -0.4 is 5.32 Å². The Kier molecular flexibility index (Phi) is 7.69. The van der Waals surface area contributed by atoms with Gasteiger partial charge in [0, 0.05) is 24.0 Å². The fourth-order valence-corrected chi connectivity index (χ4v) is 2.13. The molecule has 0 bridgehead atoms. The Hall–Kier alpha value is -0.870. The van der Waals surface area contributed by atoms with E-state index in [1.165, 1.54) is 5.56 Å². The number of amides is 1. The molecule has 3 nitrogen and oxygen atoms in total. The zero-order valence-electron chi connectivity index (χ0n) is 10.5. The van der Waals surface area contributed by atoms with Gasteiger partial charge in [-0.05, 0) is 43.4 Å². The Morgan fingerprint density at radius 1 is 1.28 bits per heavy atom. The summed E-state index contributed by atoms with van der Waals surface area (Å²) in [6, 6.07) is 8.02. The van der Waals surface area contributed by atoms with Gasteiger partial charge in [0.15, 0.2) is 0 Å². The van der Waals surface area contributed by atoms with Crippen LogP contribution in [0.2, 0.25) is 0 Å². The molecule has 0 aromatic heterocycles. The van der Waals surface area contributed by atoms with Crippen molar-refractivity contribution in [2.75, 3.05) is 13.2 Å². The van der Waals surface area contributed by atoms with E-state index >= 15 is 0 Å². The lowest BCUT2D eigenvalue weighted by atomic mass is 10.1. The van der Waals surface area contributed by atoms with Gasteiger partial charge in [0.2, 0.25) is 5.91 Å². The molecule has 0 atom stereocenters. The van der Waals surface area contributed by atoms with Gasteiger partial charge >= 0.3 is 0 Å². The maximum absolute atomic E-state index is 11.6. The molecule has 0 fully saturated rings. The minimum absolute atomic E-state index is 0.0963. The van der Waals surface area contributed by atoms with E-state index in [0.29, 0.717) is 13.0 Å². The Balaban J connectivity index is 2.13. The van der Waals surface area contributed by atoms with E-state index < -0.39 is 0 Å². The van der Waals surface area contributed by atoms with Gasteiger partial charge in [-0.3, -0.25) is 4.79 Å². The van der Waals surface area contributed by atoms with Crippen LogP contribution in [0.1, 0.15) is 31.2 Å². The minimum Gasteiger partial charge on any atom is -0.396 e. The first-order valence-corrected chi connectivity index (χ1v) is 7.13. The van der Waals surface area contributed by atoms with Gasteiger partial charge in [-0.15, -0.1) is 0 Å². The van der Waals surface area contributed by atoms with E-state index in [9.17, 15) is 4.79 Å². The summed E-state index contributed by atoms with van der Waals surface area (Å²) < 4.78 is 1.05. The lowest BCUT2D eigenvalue weighted by Crippen LogP contribution is -2.24. The Morgan fingerprint density at radius 3 is 2.83 bits per heavy atom. The summed E-state index contributed by atoms with van der Waals surface area (Å²) in [5, 5.41) is 11.5. The summed E-state index contributed by atoms with van der Waals surface area (Å²) in [5.41, 5.74) is 1.17. The van der Waals surface area contributed by atoms with Crippen LogP contribution in [0.4, 0.5) is 0 Å². The van der Waals surface area contributed by atoms with Crippen molar-refractivity contribution >= 4 is 21.8 Å². The average molecular weight is 314 g/mol. The number of hydrogen-bond acceptors (Lipinski definition) is 2. The number of rotatable bonds is 8. The van der Waals surface area contributed by atoms with Gasteiger partial charge in [0.25, 0.3) is 0 Å². The van der Waals surface area contributed by atoms with Gasteiger partial charge < -0.3 is 10.4 Å². The third-order valence-electron chi connectivity index (χ3n) is 2.69. The van der Waals surface area contributed by atoms with Crippen molar-refractivity contribution < 1.29 is 9.90 Å². The third kappa shape index (κ3) is 6.77. The number of unbranched alkanes of at least 4 members (excludes halogenated alkanes) is 2. The first-order valence-electron chi connectivity index (χ1n) is 6.34. The van der Waals surface area contributed by atoms with E-state index in [4.69, 9.17) is 5.11 Å². The van der Waals surface area contributed by atoms with Crippen molar-refractivity contribution in [2.45, 2.75) is 32.1 Å². The first kappa shape index (κ1) is 15.2. The van der Waals surface area contributed by atoms with Crippen LogP contribution in [-0.2, 0) is 11.2 Å². The number of nitrogens with one attached hydrogen (secondary N) is 1. The van der Waals surface area contributed by atoms with Crippen molar-refractivity contribution in [1.29, 1.82) is 0 Å². The molecule has 0 saturated carbocycles. The van der Waals surface area contributed by atoms with E-state index in [0.717, 1.165) is 30.2 Å². The highest BCUT2D eigenvalue weighted by molar-refractivity contribution is 9.10. The van der Waals surface area contributed by atoms with Gasteiger partial charge in [-0.2, -0.15) is 0 Å².